The van der Waals surface area contributed by atoms with Gasteiger partial charge in [0.15, 0.2) is 6.61 Å². The highest BCUT2D eigenvalue weighted by molar-refractivity contribution is 7.80. The van der Waals surface area contributed by atoms with E-state index >= 15 is 0 Å². The number of hydrogen-bond acceptors (Lipinski definition) is 4. The van der Waals surface area contributed by atoms with Crippen LogP contribution in [0.1, 0.15) is 19.4 Å². The van der Waals surface area contributed by atoms with E-state index in [2.05, 4.69) is 5.32 Å². The van der Waals surface area contributed by atoms with Crippen LogP contribution in [0.3, 0.4) is 0 Å². The molecule has 0 atom stereocenters. The molecule has 0 unspecified atom stereocenters. The first kappa shape index (κ1) is 16.4. The third kappa shape index (κ3) is 5.54. The molecule has 1 rings (SSSR count). The van der Waals surface area contributed by atoms with Crippen molar-refractivity contribution in [2.45, 2.75) is 19.4 Å². The van der Waals surface area contributed by atoms with Crippen molar-refractivity contribution in [3.05, 3.63) is 29.8 Å². The summed E-state index contributed by atoms with van der Waals surface area (Å²) in [4.78, 5) is 12.0. The van der Waals surface area contributed by atoms with Crippen LogP contribution in [-0.2, 0) is 9.53 Å². The number of carbonyl (C=O) groups excluding carboxylic acids is 1. The van der Waals surface area contributed by atoms with E-state index in [0.29, 0.717) is 17.3 Å². The highest BCUT2D eigenvalue weighted by Gasteiger charge is 2.17. The number of nitrogens with two attached hydrogens (primary N) is 1. The van der Waals surface area contributed by atoms with Crippen LogP contribution in [0.4, 0.5) is 0 Å². The van der Waals surface area contributed by atoms with Gasteiger partial charge in [-0.25, -0.2) is 0 Å². The molecule has 0 spiro atoms. The molecule has 1 aromatic carbocycles. The summed E-state index contributed by atoms with van der Waals surface area (Å²) >= 11 is 4.85. The maximum atomic E-state index is 11.6. The van der Waals surface area contributed by atoms with Gasteiger partial charge in [0, 0.05) is 19.2 Å². The fraction of sp³-hybridized carbons (Fsp3) is 0.429. The topological polar surface area (TPSA) is 73.6 Å². The summed E-state index contributed by atoms with van der Waals surface area (Å²) in [6.45, 7) is 4.16. The molecule has 20 heavy (non-hydrogen) atoms. The quantitative estimate of drug-likeness (QED) is 0.741. The number of carbonyl (C=O) groups is 1. The van der Waals surface area contributed by atoms with Crippen LogP contribution in [0.15, 0.2) is 24.3 Å². The van der Waals surface area contributed by atoms with Crippen molar-refractivity contribution in [1.82, 2.24) is 5.32 Å². The van der Waals surface area contributed by atoms with Crippen molar-refractivity contribution in [2.75, 3.05) is 20.3 Å². The summed E-state index contributed by atoms with van der Waals surface area (Å²) in [6, 6.07) is 6.95. The Hall–Kier alpha value is -1.66. The molecule has 0 saturated carbocycles. The average Bonchev–Trinajstić information content (AvgIpc) is 2.43. The summed E-state index contributed by atoms with van der Waals surface area (Å²) in [5, 5.41) is 2.74. The third-order valence-electron chi connectivity index (χ3n) is 2.77. The molecule has 1 aromatic rings. The first-order valence-electron chi connectivity index (χ1n) is 6.18. The molecule has 0 aliphatic heterocycles. The number of amides is 1. The van der Waals surface area contributed by atoms with E-state index < -0.39 is 5.60 Å². The van der Waals surface area contributed by atoms with E-state index in [4.69, 9.17) is 27.4 Å². The molecule has 0 saturated heterocycles. The van der Waals surface area contributed by atoms with Gasteiger partial charge in [0.1, 0.15) is 10.7 Å². The molecule has 5 nitrogen and oxygen atoms in total. The van der Waals surface area contributed by atoms with Crippen LogP contribution >= 0.6 is 12.2 Å². The molecular weight excluding hydrogens is 276 g/mol. The van der Waals surface area contributed by atoms with Crippen molar-refractivity contribution in [1.29, 1.82) is 0 Å². The lowest BCUT2D eigenvalue weighted by Gasteiger charge is -2.23. The number of nitrogens with one attached hydrogen (secondary N) is 1. The molecule has 3 N–H and O–H groups in total. The highest BCUT2D eigenvalue weighted by Crippen LogP contribution is 2.12. The van der Waals surface area contributed by atoms with E-state index in [1.807, 2.05) is 13.8 Å². The standard InChI is InChI=1S/C14H20N2O3S/c1-14(2,18-3)9-16-12(17)8-19-11-6-4-10(5-7-11)13(15)20/h4-7H,8-9H2,1-3H3,(H2,15,20)(H,16,17). The number of methoxy groups -OCH3 is 1. The number of hydrogen-bond donors (Lipinski definition) is 2. The second kappa shape index (κ2) is 7.21. The van der Waals surface area contributed by atoms with Crippen LogP contribution in [0.5, 0.6) is 5.75 Å². The Morgan fingerprint density at radius 3 is 2.45 bits per heavy atom. The average molecular weight is 296 g/mol. The lowest BCUT2D eigenvalue weighted by molar-refractivity contribution is -0.124. The van der Waals surface area contributed by atoms with Gasteiger partial charge >= 0.3 is 0 Å². The molecule has 0 heterocycles. The Balaban J connectivity index is 2.39. The summed E-state index contributed by atoms with van der Waals surface area (Å²) in [5.74, 6) is 0.389. The van der Waals surface area contributed by atoms with Gasteiger partial charge in [-0.1, -0.05) is 12.2 Å². The Morgan fingerprint density at radius 2 is 1.95 bits per heavy atom. The molecule has 0 aromatic heterocycles. The minimum Gasteiger partial charge on any atom is -0.484 e. The smallest absolute Gasteiger partial charge is 0.258 e. The van der Waals surface area contributed by atoms with Gasteiger partial charge in [0.2, 0.25) is 0 Å². The van der Waals surface area contributed by atoms with Gasteiger partial charge in [-0.2, -0.15) is 0 Å². The Kier molecular flexibility index (Phi) is 5.91. The number of rotatable bonds is 7. The van der Waals surface area contributed by atoms with Gasteiger partial charge < -0.3 is 20.5 Å². The Bertz CT molecular complexity index is 472. The van der Waals surface area contributed by atoms with Crippen molar-refractivity contribution in [3.63, 3.8) is 0 Å². The molecule has 110 valence electrons. The third-order valence-corrected chi connectivity index (χ3v) is 3.01. The predicted molar refractivity (Wildman–Crippen MR) is 81.9 cm³/mol. The van der Waals surface area contributed by atoms with Crippen molar-refractivity contribution in [3.8, 4) is 5.75 Å². The minimum atomic E-state index is -0.395. The molecule has 6 heteroatoms. The van der Waals surface area contributed by atoms with Crippen molar-refractivity contribution < 1.29 is 14.3 Å². The SMILES string of the molecule is COC(C)(C)CNC(=O)COc1ccc(C(N)=S)cc1. The maximum absolute atomic E-state index is 11.6. The largest absolute Gasteiger partial charge is 0.484 e. The van der Waals surface area contributed by atoms with Crippen LogP contribution < -0.4 is 15.8 Å². The van der Waals surface area contributed by atoms with Crippen LogP contribution in [0, 0.1) is 0 Å². The minimum absolute atomic E-state index is 0.0494. The lowest BCUT2D eigenvalue weighted by atomic mass is 10.1. The van der Waals surface area contributed by atoms with E-state index in [-0.39, 0.29) is 12.5 Å². The first-order chi connectivity index (χ1) is 9.34. The van der Waals surface area contributed by atoms with Crippen LogP contribution in [0.2, 0.25) is 0 Å². The number of ether oxygens (including phenoxy) is 2. The van der Waals surface area contributed by atoms with E-state index in [1.165, 1.54) is 0 Å². The monoisotopic (exact) mass is 296 g/mol. The second-order valence-corrected chi connectivity index (χ2v) is 5.36. The fourth-order valence-electron chi connectivity index (χ4n) is 1.30. The van der Waals surface area contributed by atoms with Gasteiger partial charge in [0.25, 0.3) is 5.91 Å². The van der Waals surface area contributed by atoms with Crippen LogP contribution in [0.25, 0.3) is 0 Å². The maximum Gasteiger partial charge on any atom is 0.258 e. The molecule has 0 aliphatic carbocycles. The zero-order valence-electron chi connectivity index (χ0n) is 11.9. The molecular formula is C14H20N2O3S. The first-order valence-corrected chi connectivity index (χ1v) is 6.59. The molecule has 0 bridgehead atoms. The molecule has 1 amide bonds. The zero-order chi connectivity index (χ0) is 15.2. The highest BCUT2D eigenvalue weighted by atomic mass is 32.1. The summed E-state index contributed by atoms with van der Waals surface area (Å²) in [5.41, 5.74) is 5.86. The van der Waals surface area contributed by atoms with Crippen molar-refractivity contribution in [2.24, 2.45) is 5.73 Å². The van der Waals surface area contributed by atoms with Gasteiger partial charge in [-0.05, 0) is 38.1 Å². The van der Waals surface area contributed by atoms with Gasteiger partial charge in [-0.15, -0.1) is 0 Å². The fourth-order valence-corrected chi connectivity index (χ4v) is 1.44. The predicted octanol–water partition coefficient (Wildman–Crippen LogP) is 1.24. The van der Waals surface area contributed by atoms with Gasteiger partial charge in [0.05, 0.1) is 5.60 Å². The Labute approximate surface area is 124 Å². The molecule has 0 fully saturated rings. The summed E-state index contributed by atoms with van der Waals surface area (Å²) < 4.78 is 10.6. The van der Waals surface area contributed by atoms with Crippen molar-refractivity contribution >= 4 is 23.1 Å². The Morgan fingerprint density at radius 1 is 1.35 bits per heavy atom. The number of benzene rings is 1. The number of thiocarbonyl (C=S) groups is 1. The zero-order valence-corrected chi connectivity index (χ0v) is 12.8. The molecule has 0 aliphatic rings. The van der Waals surface area contributed by atoms with E-state index in [9.17, 15) is 4.79 Å². The molecule has 0 radical (unpaired) electrons. The lowest BCUT2D eigenvalue weighted by Crippen LogP contribution is -2.41. The normalized spacial score (nSPS) is 10.9. The van der Waals surface area contributed by atoms with E-state index in [0.717, 1.165) is 5.56 Å². The van der Waals surface area contributed by atoms with Gasteiger partial charge in [-0.3, -0.25) is 4.79 Å². The second-order valence-electron chi connectivity index (χ2n) is 4.92. The van der Waals surface area contributed by atoms with Crippen LogP contribution in [-0.4, -0.2) is 36.8 Å². The summed E-state index contributed by atoms with van der Waals surface area (Å²) in [6.07, 6.45) is 0. The summed E-state index contributed by atoms with van der Waals surface area (Å²) in [7, 11) is 1.60. The van der Waals surface area contributed by atoms with E-state index in [1.54, 1.807) is 31.4 Å².